The highest BCUT2D eigenvalue weighted by Gasteiger charge is 2.26. The molecule has 5 nitrogen and oxygen atoms in total. The van der Waals surface area contributed by atoms with Gasteiger partial charge in [-0.05, 0) is 67.4 Å². The van der Waals surface area contributed by atoms with Gasteiger partial charge in [0, 0.05) is 43.6 Å². The third kappa shape index (κ3) is 6.04. The minimum absolute atomic E-state index is 0.0754. The Kier molecular flexibility index (Phi) is 7.48. The van der Waals surface area contributed by atoms with Crippen molar-refractivity contribution in [3.05, 3.63) is 65.7 Å². The second-order valence-electron chi connectivity index (χ2n) is 9.61. The van der Waals surface area contributed by atoms with Crippen LogP contribution in [-0.4, -0.2) is 42.9 Å². The molecule has 4 rings (SSSR count). The van der Waals surface area contributed by atoms with Crippen LogP contribution in [0.1, 0.15) is 55.5 Å². The van der Waals surface area contributed by atoms with Crippen LogP contribution in [-0.2, 0) is 4.79 Å². The Hall–Kier alpha value is -3.08. The highest BCUT2D eigenvalue weighted by molar-refractivity contribution is 6.05. The maximum Gasteiger partial charge on any atom is 0.256 e. The summed E-state index contributed by atoms with van der Waals surface area (Å²) in [7, 11) is 0. The summed E-state index contributed by atoms with van der Waals surface area (Å²) < 4.78 is 0. The van der Waals surface area contributed by atoms with Crippen molar-refractivity contribution < 1.29 is 9.59 Å². The maximum atomic E-state index is 13.6. The first-order valence-corrected chi connectivity index (χ1v) is 12.2. The van der Waals surface area contributed by atoms with E-state index in [1.165, 1.54) is 6.08 Å². The van der Waals surface area contributed by atoms with Gasteiger partial charge in [0.25, 0.3) is 5.91 Å². The largest absolute Gasteiger partial charge is 0.371 e. The molecule has 5 heteroatoms. The van der Waals surface area contributed by atoms with E-state index in [-0.39, 0.29) is 11.8 Å². The SMILES string of the molecule is CC1CCN(C(=O)c2cc(NC(=O)/C=C/c3ccccc3)ccc2N2CCC(C)CC2)CC1. The number of amides is 2. The summed E-state index contributed by atoms with van der Waals surface area (Å²) in [4.78, 5) is 30.4. The Balaban J connectivity index is 1.54. The zero-order valence-electron chi connectivity index (χ0n) is 19.8. The quantitative estimate of drug-likeness (QED) is 0.623. The molecule has 2 amide bonds. The zero-order chi connectivity index (χ0) is 23.2. The molecule has 2 aromatic carbocycles. The lowest BCUT2D eigenvalue weighted by Crippen LogP contribution is -2.40. The van der Waals surface area contributed by atoms with E-state index in [0.29, 0.717) is 17.2 Å². The summed E-state index contributed by atoms with van der Waals surface area (Å²) >= 11 is 0. The summed E-state index contributed by atoms with van der Waals surface area (Å²) in [6.45, 7) is 8.06. The first-order chi connectivity index (χ1) is 16.0. The normalized spacial score (nSPS) is 18.0. The number of likely N-dealkylation sites (tertiary alicyclic amines) is 1. The van der Waals surface area contributed by atoms with Crippen molar-refractivity contribution in [2.24, 2.45) is 11.8 Å². The number of nitrogens with zero attached hydrogens (tertiary/aromatic N) is 2. The van der Waals surface area contributed by atoms with Gasteiger partial charge >= 0.3 is 0 Å². The first kappa shape index (κ1) is 23.1. The minimum atomic E-state index is -0.205. The molecule has 0 atom stereocenters. The lowest BCUT2D eigenvalue weighted by molar-refractivity contribution is -0.111. The summed E-state index contributed by atoms with van der Waals surface area (Å²) in [5.74, 6) is 1.26. The standard InChI is InChI=1S/C28H35N3O2/c1-21-12-16-30(17-13-21)26-10-9-24(29-27(32)11-8-23-6-4-3-5-7-23)20-25(26)28(33)31-18-14-22(2)15-19-31/h3-11,20-22H,12-19H2,1-2H3,(H,29,32)/b11-8+. The number of nitrogens with one attached hydrogen (secondary N) is 1. The molecule has 2 fully saturated rings. The lowest BCUT2D eigenvalue weighted by Gasteiger charge is -2.35. The van der Waals surface area contributed by atoms with E-state index in [1.54, 1.807) is 6.08 Å². The molecule has 0 bridgehead atoms. The van der Waals surface area contributed by atoms with Crippen LogP contribution in [0.4, 0.5) is 11.4 Å². The van der Waals surface area contributed by atoms with Crippen molar-refractivity contribution in [1.82, 2.24) is 4.90 Å². The Morgan fingerprint density at radius 3 is 2.18 bits per heavy atom. The topological polar surface area (TPSA) is 52.7 Å². The van der Waals surface area contributed by atoms with Crippen LogP contribution in [0.2, 0.25) is 0 Å². The number of benzene rings is 2. The fourth-order valence-electron chi connectivity index (χ4n) is 4.61. The average molecular weight is 446 g/mol. The van der Waals surface area contributed by atoms with Crippen molar-refractivity contribution in [2.75, 3.05) is 36.4 Å². The number of piperidine rings is 2. The van der Waals surface area contributed by atoms with Gasteiger partial charge in [-0.1, -0.05) is 44.2 Å². The van der Waals surface area contributed by atoms with Crippen LogP contribution in [0.15, 0.2) is 54.6 Å². The van der Waals surface area contributed by atoms with Crippen LogP contribution in [0.5, 0.6) is 0 Å². The maximum absolute atomic E-state index is 13.6. The van der Waals surface area contributed by atoms with Crippen LogP contribution >= 0.6 is 0 Å². The van der Waals surface area contributed by atoms with Crippen molar-refractivity contribution >= 4 is 29.3 Å². The molecule has 0 aliphatic carbocycles. The molecule has 174 valence electrons. The van der Waals surface area contributed by atoms with E-state index in [2.05, 4.69) is 24.1 Å². The summed E-state index contributed by atoms with van der Waals surface area (Å²) in [5.41, 5.74) is 3.31. The zero-order valence-corrected chi connectivity index (χ0v) is 19.8. The van der Waals surface area contributed by atoms with Gasteiger partial charge in [-0.2, -0.15) is 0 Å². The second kappa shape index (κ2) is 10.7. The van der Waals surface area contributed by atoms with Crippen molar-refractivity contribution in [3.8, 4) is 0 Å². The Morgan fingerprint density at radius 2 is 1.52 bits per heavy atom. The minimum Gasteiger partial charge on any atom is -0.371 e. The summed E-state index contributed by atoms with van der Waals surface area (Å²) in [5, 5.41) is 2.94. The predicted octanol–water partition coefficient (Wildman–Crippen LogP) is 5.45. The van der Waals surface area contributed by atoms with Gasteiger partial charge in [0.05, 0.1) is 5.56 Å². The number of rotatable bonds is 5. The van der Waals surface area contributed by atoms with Crippen molar-refractivity contribution in [2.45, 2.75) is 39.5 Å². The summed E-state index contributed by atoms with van der Waals surface area (Å²) in [6, 6.07) is 15.5. The molecule has 1 N–H and O–H groups in total. The third-order valence-electron chi connectivity index (χ3n) is 6.92. The van der Waals surface area contributed by atoms with Gasteiger partial charge < -0.3 is 15.1 Å². The predicted molar refractivity (Wildman–Crippen MR) is 135 cm³/mol. The average Bonchev–Trinajstić information content (AvgIpc) is 2.84. The van der Waals surface area contributed by atoms with E-state index in [0.717, 1.165) is 69.0 Å². The van der Waals surface area contributed by atoms with Crippen molar-refractivity contribution in [1.29, 1.82) is 0 Å². The molecule has 0 spiro atoms. The first-order valence-electron chi connectivity index (χ1n) is 12.2. The molecule has 0 aromatic heterocycles. The molecule has 2 saturated heterocycles. The molecular weight excluding hydrogens is 410 g/mol. The number of carbonyl (C=O) groups is 2. The monoisotopic (exact) mass is 445 g/mol. The third-order valence-corrected chi connectivity index (χ3v) is 6.92. The van der Waals surface area contributed by atoms with Gasteiger partial charge in [0.15, 0.2) is 0 Å². The molecule has 2 aliphatic heterocycles. The number of carbonyl (C=O) groups excluding carboxylic acids is 2. The van der Waals surface area contributed by atoms with E-state index in [1.807, 2.05) is 53.4 Å². The van der Waals surface area contributed by atoms with Gasteiger partial charge in [-0.25, -0.2) is 0 Å². The smallest absolute Gasteiger partial charge is 0.256 e. The number of anilines is 2. The molecule has 0 radical (unpaired) electrons. The van der Waals surface area contributed by atoms with Gasteiger partial charge in [-0.3, -0.25) is 9.59 Å². The molecule has 33 heavy (non-hydrogen) atoms. The molecule has 2 aliphatic rings. The van der Waals surface area contributed by atoms with Gasteiger partial charge in [-0.15, -0.1) is 0 Å². The van der Waals surface area contributed by atoms with E-state index in [4.69, 9.17) is 0 Å². The molecule has 0 unspecified atom stereocenters. The van der Waals surface area contributed by atoms with Gasteiger partial charge in [0.1, 0.15) is 0 Å². The Bertz CT molecular complexity index is 985. The second-order valence-corrected chi connectivity index (χ2v) is 9.61. The number of hydrogen-bond acceptors (Lipinski definition) is 3. The fraction of sp³-hybridized carbons (Fsp3) is 0.429. The number of hydrogen-bond donors (Lipinski definition) is 1. The molecule has 2 aromatic rings. The van der Waals surface area contributed by atoms with Crippen LogP contribution in [0, 0.1) is 11.8 Å². The van der Waals surface area contributed by atoms with Crippen LogP contribution in [0.25, 0.3) is 6.08 Å². The van der Waals surface area contributed by atoms with E-state index >= 15 is 0 Å². The lowest BCUT2D eigenvalue weighted by atomic mass is 9.96. The summed E-state index contributed by atoms with van der Waals surface area (Å²) in [6.07, 6.45) is 7.68. The van der Waals surface area contributed by atoms with Gasteiger partial charge in [0.2, 0.25) is 5.91 Å². The molecule has 2 heterocycles. The highest BCUT2D eigenvalue weighted by Crippen LogP contribution is 2.30. The fourth-order valence-corrected chi connectivity index (χ4v) is 4.61. The van der Waals surface area contributed by atoms with E-state index < -0.39 is 0 Å². The van der Waals surface area contributed by atoms with Crippen LogP contribution in [0.3, 0.4) is 0 Å². The van der Waals surface area contributed by atoms with E-state index in [9.17, 15) is 9.59 Å². The van der Waals surface area contributed by atoms with Crippen LogP contribution < -0.4 is 10.2 Å². The Morgan fingerprint density at radius 1 is 0.879 bits per heavy atom. The Labute approximate surface area is 197 Å². The molecular formula is C28H35N3O2. The van der Waals surface area contributed by atoms with Crippen molar-refractivity contribution in [3.63, 3.8) is 0 Å². The highest BCUT2D eigenvalue weighted by atomic mass is 16.2. The molecule has 0 saturated carbocycles.